The summed E-state index contributed by atoms with van der Waals surface area (Å²) in [6.07, 6.45) is 0.605. The van der Waals surface area contributed by atoms with Crippen LogP contribution in [0.25, 0.3) is 10.2 Å². The van der Waals surface area contributed by atoms with Gasteiger partial charge in [-0.25, -0.2) is 4.98 Å². The zero-order valence-electron chi connectivity index (χ0n) is 12.5. The van der Waals surface area contributed by atoms with Crippen molar-refractivity contribution in [1.82, 2.24) is 9.97 Å². The summed E-state index contributed by atoms with van der Waals surface area (Å²) in [6, 6.07) is 2.16. The summed E-state index contributed by atoms with van der Waals surface area (Å²) in [7, 11) is 1.95. The minimum Gasteiger partial charge on any atom is -0.392 e. The molecule has 0 radical (unpaired) electrons. The van der Waals surface area contributed by atoms with E-state index in [4.69, 9.17) is 0 Å². The van der Waals surface area contributed by atoms with E-state index in [1.54, 1.807) is 18.3 Å². The van der Waals surface area contributed by atoms with E-state index in [0.29, 0.717) is 12.5 Å². The van der Waals surface area contributed by atoms with E-state index in [9.17, 15) is 5.11 Å². The van der Waals surface area contributed by atoms with Crippen LogP contribution < -0.4 is 10.2 Å². The molecule has 0 fully saturated rings. The van der Waals surface area contributed by atoms with Crippen molar-refractivity contribution in [3.63, 3.8) is 0 Å². The predicted molar refractivity (Wildman–Crippen MR) is 85.9 cm³/mol. The highest BCUT2D eigenvalue weighted by molar-refractivity contribution is 7.18. The Hall–Kier alpha value is -1.40. The van der Waals surface area contributed by atoms with Crippen LogP contribution in [-0.4, -0.2) is 41.3 Å². The molecule has 2 heterocycles. The third-order valence-corrected chi connectivity index (χ3v) is 4.18. The van der Waals surface area contributed by atoms with E-state index in [2.05, 4.69) is 28.3 Å². The van der Waals surface area contributed by atoms with E-state index >= 15 is 0 Å². The van der Waals surface area contributed by atoms with Gasteiger partial charge in [0.25, 0.3) is 0 Å². The lowest BCUT2D eigenvalue weighted by atomic mass is 10.3. The summed E-state index contributed by atoms with van der Waals surface area (Å²) in [5.41, 5.74) is 0. The van der Waals surface area contributed by atoms with E-state index in [1.165, 1.54) is 4.88 Å². The second-order valence-corrected chi connectivity index (χ2v) is 6.03. The molecular formula is C14H22N4OS. The number of hydrogen-bond acceptors (Lipinski definition) is 6. The molecular weight excluding hydrogens is 272 g/mol. The van der Waals surface area contributed by atoms with Gasteiger partial charge >= 0.3 is 0 Å². The van der Waals surface area contributed by atoms with Crippen molar-refractivity contribution in [3.05, 3.63) is 10.9 Å². The lowest BCUT2D eigenvalue weighted by Crippen LogP contribution is -2.28. The first-order valence-electron chi connectivity index (χ1n) is 6.98. The van der Waals surface area contributed by atoms with E-state index in [0.717, 1.165) is 29.0 Å². The Labute approximate surface area is 123 Å². The van der Waals surface area contributed by atoms with Gasteiger partial charge in [0.2, 0.25) is 5.95 Å². The summed E-state index contributed by atoms with van der Waals surface area (Å²) < 4.78 is 0. The Bertz CT molecular complexity index is 582. The lowest BCUT2D eigenvalue weighted by Gasteiger charge is -2.21. The summed E-state index contributed by atoms with van der Waals surface area (Å²) in [5, 5.41) is 13.8. The zero-order chi connectivity index (χ0) is 14.7. The number of fused-ring (bicyclic) bond motifs is 1. The van der Waals surface area contributed by atoms with Gasteiger partial charge in [0, 0.05) is 25.0 Å². The van der Waals surface area contributed by atoms with Gasteiger partial charge in [-0.2, -0.15) is 4.98 Å². The van der Waals surface area contributed by atoms with E-state index in [-0.39, 0.29) is 0 Å². The average Bonchev–Trinajstić information content (AvgIpc) is 2.80. The Morgan fingerprint density at radius 3 is 2.75 bits per heavy atom. The molecule has 0 saturated carbocycles. The Kier molecular flexibility index (Phi) is 4.77. The summed E-state index contributed by atoms with van der Waals surface area (Å²) in [5.74, 6) is 1.53. The number of rotatable bonds is 6. The smallest absolute Gasteiger partial charge is 0.226 e. The number of nitrogens with zero attached hydrogens (tertiary/aromatic N) is 3. The van der Waals surface area contributed by atoms with Crippen molar-refractivity contribution < 1.29 is 5.11 Å². The van der Waals surface area contributed by atoms with Crippen LogP contribution in [0.4, 0.5) is 11.8 Å². The Morgan fingerprint density at radius 2 is 2.15 bits per heavy atom. The maximum Gasteiger partial charge on any atom is 0.226 e. The fourth-order valence-corrected chi connectivity index (χ4v) is 3.10. The molecule has 2 N–H and O–H groups in total. The maximum atomic E-state index is 9.58. The molecule has 1 atom stereocenters. The Balaban J connectivity index is 2.50. The quantitative estimate of drug-likeness (QED) is 0.857. The van der Waals surface area contributed by atoms with Crippen LogP contribution in [0.5, 0.6) is 0 Å². The molecule has 2 rings (SSSR count). The van der Waals surface area contributed by atoms with Crippen LogP contribution >= 0.6 is 11.3 Å². The summed E-state index contributed by atoms with van der Waals surface area (Å²) in [6.45, 7) is 7.29. The van der Waals surface area contributed by atoms with Crippen molar-refractivity contribution in [2.75, 3.05) is 30.4 Å². The molecule has 0 bridgehead atoms. The number of aliphatic hydroxyl groups excluding tert-OH is 1. The normalized spacial score (nSPS) is 12.7. The molecule has 2 aromatic rings. The van der Waals surface area contributed by atoms with Crippen LogP contribution in [0.15, 0.2) is 6.07 Å². The highest BCUT2D eigenvalue weighted by Gasteiger charge is 2.15. The fourth-order valence-electron chi connectivity index (χ4n) is 2.14. The van der Waals surface area contributed by atoms with Crippen LogP contribution in [0, 0.1) is 0 Å². The number of nitrogens with one attached hydrogen (secondary N) is 1. The molecule has 0 amide bonds. The van der Waals surface area contributed by atoms with Gasteiger partial charge in [-0.3, -0.25) is 0 Å². The second kappa shape index (κ2) is 6.37. The molecule has 1 unspecified atom stereocenters. The molecule has 5 nitrogen and oxygen atoms in total. The highest BCUT2D eigenvalue weighted by atomic mass is 32.1. The third-order valence-electron chi connectivity index (χ3n) is 3.01. The molecule has 0 aromatic carbocycles. The summed E-state index contributed by atoms with van der Waals surface area (Å²) >= 11 is 1.71. The van der Waals surface area contributed by atoms with E-state index in [1.807, 2.05) is 18.9 Å². The second-order valence-electron chi connectivity index (χ2n) is 4.92. The van der Waals surface area contributed by atoms with Gasteiger partial charge in [-0.05, 0) is 26.3 Å². The van der Waals surface area contributed by atoms with Gasteiger partial charge in [-0.1, -0.05) is 6.92 Å². The minimum absolute atomic E-state index is 0.392. The molecule has 20 heavy (non-hydrogen) atoms. The number of aliphatic hydroxyl groups is 1. The van der Waals surface area contributed by atoms with Gasteiger partial charge in [0.15, 0.2) is 0 Å². The molecule has 110 valence electrons. The van der Waals surface area contributed by atoms with Crippen molar-refractivity contribution in [2.45, 2.75) is 33.3 Å². The number of hydrogen-bond donors (Lipinski definition) is 2. The van der Waals surface area contributed by atoms with Crippen molar-refractivity contribution >= 4 is 33.3 Å². The molecule has 2 aromatic heterocycles. The first-order valence-corrected chi connectivity index (χ1v) is 7.80. The number of anilines is 2. The van der Waals surface area contributed by atoms with Crippen LogP contribution in [0.3, 0.4) is 0 Å². The van der Waals surface area contributed by atoms with Gasteiger partial charge in [0.1, 0.15) is 10.6 Å². The van der Waals surface area contributed by atoms with Crippen molar-refractivity contribution in [3.8, 4) is 0 Å². The molecule has 0 saturated heterocycles. The third kappa shape index (κ3) is 3.19. The first kappa shape index (κ1) is 15.0. The Morgan fingerprint density at radius 1 is 1.40 bits per heavy atom. The molecule has 0 aliphatic heterocycles. The number of aryl methyl sites for hydroxylation is 1. The predicted octanol–water partition coefficient (Wildman–Crippen LogP) is 2.50. The standard InChI is InChI=1S/C14H22N4OS/c1-5-10-7-11-12(18(4)8-9(3)19)16-14(15-6-2)17-13(11)20-10/h7,9,19H,5-6,8H2,1-4H3,(H,15,16,17). The average molecular weight is 294 g/mol. The maximum absolute atomic E-state index is 9.58. The molecule has 0 aliphatic rings. The minimum atomic E-state index is -0.392. The monoisotopic (exact) mass is 294 g/mol. The summed E-state index contributed by atoms with van der Waals surface area (Å²) in [4.78, 5) is 13.4. The highest BCUT2D eigenvalue weighted by Crippen LogP contribution is 2.32. The topological polar surface area (TPSA) is 61.3 Å². The zero-order valence-corrected chi connectivity index (χ0v) is 13.3. The fraction of sp³-hybridized carbons (Fsp3) is 0.571. The molecule has 6 heteroatoms. The van der Waals surface area contributed by atoms with Crippen molar-refractivity contribution in [2.24, 2.45) is 0 Å². The first-order chi connectivity index (χ1) is 9.55. The largest absolute Gasteiger partial charge is 0.392 e. The number of thiophene rings is 1. The van der Waals surface area contributed by atoms with Crippen LogP contribution in [0.2, 0.25) is 0 Å². The van der Waals surface area contributed by atoms with Gasteiger partial charge in [-0.15, -0.1) is 11.3 Å². The van der Waals surface area contributed by atoms with Crippen LogP contribution in [0.1, 0.15) is 25.6 Å². The number of aromatic nitrogens is 2. The van der Waals surface area contributed by atoms with Gasteiger partial charge in [0.05, 0.1) is 11.5 Å². The molecule has 0 aliphatic carbocycles. The van der Waals surface area contributed by atoms with E-state index < -0.39 is 6.10 Å². The van der Waals surface area contributed by atoms with Crippen LogP contribution in [-0.2, 0) is 6.42 Å². The number of likely N-dealkylation sites (N-methyl/N-ethyl adjacent to an activating group) is 1. The van der Waals surface area contributed by atoms with Crippen molar-refractivity contribution in [1.29, 1.82) is 0 Å². The lowest BCUT2D eigenvalue weighted by molar-refractivity contribution is 0.201. The van der Waals surface area contributed by atoms with Gasteiger partial charge < -0.3 is 15.3 Å². The SMILES string of the molecule is CCNc1nc(N(C)CC(C)O)c2cc(CC)sc2n1. The molecule has 0 spiro atoms.